The van der Waals surface area contributed by atoms with Gasteiger partial charge in [-0.05, 0) is 31.6 Å². The zero-order valence-electron chi connectivity index (χ0n) is 11.1. The number of hydrogen-bond donors (Lipinski definition) is 1. The maximum absolute atomic E-state index is 5.33. The van der Waals surface area contributed by atoms with Crippen LogP contribution in [0.25, 0.3) is 10.8 Å². The van der Waals surface area contributed by atoms with E-state index < -0.39 is 0 Å². The molecular formula is C14H19N3O. The molecule has 0 spiro atoms. The molecule has 18 heavy (non-hydrogen) atoms. The highest BCUT2D eigenvalue weighted by atomic mass is 16.5. The Morgan fingerprint density at radius 2 is 2.11 bits per heavy atom. The molecule has 1 aromatic carbocycles. The SMILES string of the molecule is COc1nccc2cccc(NCCN(C)C)c12. The number of rotatable bonds is 5. The third-order valence-corrected chi connectivity index (χ3v) is 2.82. The molecule has 0 aliphatic rings. The normalized spacial score (nSPS) is 10.9. The second-order valence-electron chi connectivity index (χ2n) is 4.45. The summed E-state index contributed by atoms with van der Waals surface area (Å²) < 4.78 is 5.33. The highest BCUT2D eigenvalue weighted by molar-refractivity contribution is 5.97. The number of likely N-dealkylation sites (N-methyl/N-ethyl adjacent to an activating group) is 1. The molecule has 0 unspecified atom stereocenters. The van der Waals surface area contributed by atoms with Crippen LogP contribution < -0.4 is 10.1 Å². The predicted molar refractivity (Wildman–Crippen MR) is 75.3 cm³/mol. The van der Waals surface area contributed by atoms with Crippen LogP contribution in [0, 0.1) is 0 Å². The molecule has 0 saturated heterocycles. The van der Waals surface area contributed by atoms with Crippen LogP contribution in [0.1, 0.15) is 0 Å². The fourth-order valence-electron chi connectivity index (χ4n) is 1.91. The van der Waals surface area contributed by atoms with Gasteiger partial charge in [-0.1, -0.05) is 12.1 Å². The van der Waals surface area contributed by atoms with E-state index in [2.05, 4.69) is 41.4 Å². The first kappa shape index (κ1) is 12.6. The third-order valence-electron chi connectivity index (χ3n) is 2.82. The van der Waals surface area contributed by atoms with Gasteiger partial charge in [0.05, 0.1) is 12.5 Å². The topological polar surface area (TPSA) is 37.4 Å². The van der Waals surface area contributed by atoms with Gasteiger partial charge in [-0.2, -0.15) is 0 Å². The molecule has 1 N–H and O–H groups in total. The van der Waals surface area contributed by atoms with Crippen molar-refractivity contribution in [1.82, 2.24) is 9.88 Å². The molecule has 0 atom stereocenters. The van der Waals surface area contributed by atoms with Crippen LogP contribution in [0.15, 0.2) is 30.5 Å². The van der Waals surface area contributed by atoms with Crippen molar-refractivity contribution in [2.24, 2.45) is 0 Å². The molecule has 0 amide bonds. The van der Waals surface area contributed by atoms with Gasteiger partial charge in [0, 0.05) is 25.0 Å². The molecule has 0 fully saturated rings. The number of fused-ring (bicyclic) bond motifs is 1. The van der Waals surface area contributed by atoms with E-state index in [0.717, 1.165) is 29.5 Å². The lowest BCUT2D eigenvalue weighted by atomic mass is 10.1. The van der Waals surface area contributed by atoms with Crippen molar-refractivity contribution in [2.75, 3.05) is 39.6 Å². The fraction of sp³-hybridized carbons (Fsp3) is 0.357. The van der Waals surface area contributed by atoms with Crippen LogP contribution in [0.4, 0.5) is 5.69 Å². The van der Waals surface area contributed by atoms with Crippen molar-refractivity contribution in [3.8, 4) is 5.88 Å². The summed E-state index contributed by atoms with van der Waals surface area (Å²) in [5.74, 6) is 0.667. The summed E-state index contributed by atoms with van der Waals surface area (Å²) in [5.41, 5.74) is 1.07. The Hall–Kier alpha value is -1.81. The Morgan fingerprint density at radius 3 is 2.83 bits per heavy atom. The number of aromatic nitrogens is 1. The lowest BCUT2D eigenvalue weighted by molar-refractivity contribution is 0.403. The Balaban J connectivity index is 2.31. The minimum Gasteiger partial charge on any atom is -0.480 e. The van der Waals surface area contributed by atoms with E-state index in [-0.39, 0.29) is 0 Å². The van der Waals surface area contributed by atoms with E-state index in [0.29, 0.717) is 5.88 Å². The second kappa shape index (κ2) is 5.69. The van der Waals surface area contributed by atoms with Gasteiger partial charge >= 0.3 is 0 Å². The molecule has 4 heteroatoms. The molecule has 96 valence electrons. The molecule has 2 aromatic rings. The zero-order valence-corrected chi connectivity index (χ0v) is 11.1. The maximum Gasteiger partial charge on any atom is 0.223 e. The van der Waals surface area contributed by atoms with E-state index in [1.165, 1.54) is 0 Å². The van der Waals surface area contributed by atoms with Crippen molar-refractivity contribution in [2.45, 2.75) is 0 Å². The van der Waals surface area contributed by atoms with Crippen molar-refractivity contribution in [3.63, 3.8) is 0 Å². The number of nitrogens with one attached hydrogen (secondary N) is 1. The molecule has 2 rings (SSSR count). The van der Waals surface area contributed by atoms with Crippen LogP contribution in [0.2, 0.25) is 0 Å². The van der Waals surface area contributed by atoms with Gasteiger partial charge in [-0.3, -0.25) is 0 Å². The minimum atomic E-state index is 0.667. The van der Waals surface area contributed by atoms with Crippen molar-refractivity contribution in [3.05, 3.63) is 30.5 Å². The molecular weight excluding hydrogens is 226 g/mol. The quantitative estimate of drug-likeness (QED) is 0.876. The van der Waals surface area contributed by atoms with Crippen LogP contribution in [-0.2, 0) is 0 Å². The zero-order chi connectivity index (χ0) is 13.0. The van der Waals surface area contributed by atoms with Crippen LogP contribution in [-0.4, -0.2) is 44.2 Å². The van der Waals surface area contributed by atoms with Crippen molar-refractivity contribution < 1.29 is 4.74 Å². The number of nitrogens with zero attached hydrogens (tertiary/aromatic N) is 2. The van der Waals surface area contributed by atoms with E-state index in [1.54, 1.807) is 13.3 Å². The number of anilines is 1. The van der Waals surface area contributed by atoms with Gasteiger partial charge in [-0.15, -0.1) is 0 Å². The number of ether oxygens (including phenoxy) is 1. The lowest BCUT2D eigenvalue weighted by Crippen LogP contribution is -2.20. The van der Waals surface area contributed by atoms with Gasteiger partial charge in [0.15, 0.2) is 0 Å². The Bertz CT molecular complexity index is 520. The summed E-state index contributed by atoms with van der Waals surface area (Å²) in [4.78, 5) is 6.40. The molecule has 4 nitrogen and oxygen atoms in total. The Labute approximate surface area is 108 Å². The summed E-state index contributed by atoms with van der Waals surface area (Å²) >= 11 is 0. The van der Waals surface area contributed by atoms with Gasteiger partial charge in [-0.25, -0.2) is 4.98 Å². The Kier molecular flexibility index (Phi) is 3.99. The monoisotopic (exact) mass is 245 g/mol. The highest BCUT2D eigenvalue weighted by Crippen LogP contribution is 2.30. The molecule has 0 radical (unpaired) electrons. The molecule has 0 aliphatic heterocycles. The van der Waals surface area contributed by atoms with E-state index in [9.17, 15) is 0 Å². The smallest absolute Gasteiger partial charge is 0.223 e. The van der Waals surface area contributed by atoms with Crippen LogP contribution in [0.5, 0.6) is 5.88 Å². The van der Waals surface area contributed by atoms with Crippen LogP contribution in [0.3, 0.4) is 0 Å². The summed E-state index contributed by atoms with van der Waals surface area (Å²) in [5, 5.41) is 5.61. The van der Waals surface area contributed by atoms with E-state index >= 15 is 0 Å². The third kappa shape index (κ3) is 2.71. The lowest BCUT2D eigenvalue weighted by Gasteiger charge is -2.14. The average Bonchev–Trinajstić information content (AvgIpc) is 2.37. The predicted octanol–water partition coefficient (Wildman–Crippen LogP) is 2.22. The molecule has 1 heterocycles. The van der Waals surface area contributed by atoms with Gasteiger partial charge < -0.3 is 15.0 Å². The highest BCUT2D eigenvalue weighted by Gasteiger charge is 2.07. The number of methoxy groups -OCH3 is 1. The summed E-state index contributed by atoms with van der Waals surface area (Å²) in [6, 6.07) is 8.16. The molecule has 0 aliphatic carbocycles. The average molecular weight is 245 g/mol. The Morgan fingerprint density at radius 1 is 1.28 bits per heavy atom. The van der Waals surface area contributed by atoms with Crippen molar-refractivity contribution in [1.29, 1.82) is 0 Å². The number of hydrogen-bond acceptors (Lipinski definition) is 4. The maximum atomic E-state index is 5.33. The van der Waals surface area contributed by atoms with Gasteiger partial charge in [0.2, 0.25) is 5.88 Å². The first-order valence-electron chi connectivity index (χ1n) is 6.02. The number of pyridine rings is 1. The summed E-state index contributed by atoms with van der Waals surface area (Å²) in [6.45, 7) is 1.88. The van der Waals surface area contributed by atoms with E-state index in [1.807, 2.05) is 12.1 Å². The molecule has 1 aromatic heterocycles. The second-order valence-corrected chi connectivity index (χ2v) is 4.45. The first-order valence-corrected chi connectivity index (χ1v) is 6.02. The molecule has 0 saturated carbocycles. The number of benzene rings is 1. The van der Waals surface area contributed by atoms with Crippen LogP contribution >= 0.6 is 0 Å². The van der Waals surface area contributed by atoms with Gasteiger partial charge in [0.1, 0.15) is 0 Å². The standard InChI is InChI=1S/C14H19N3O/c1-17(2)10-9-15-12-6-4-5-11-7-8-16-14(18-3)13(11)12/h4-8,15H,9-10H2,1-3H3. The minimum absolute atomic E-state index is 0.667. The van der Waals surface area contributed by atoms with Crippen molar-refractivity contribution >= 4 is 16.5 Å². The fourth-order valence-corrected chi connectivity index (χ4v) is 1.91. The summed E-state index contributed by atoms with van der Waals surface area (Å²) in [6.07, 6.45) is 1.77. The largest absolute Gasteiger partial charge is 0.480 e. The van der Waals surface area contributed by atoms with Gasteiger partial charge in [0.25, 0.3) is 0 Å². The van der Waals surface area contributed by atoms with E-state index in [4.69, 9.17) is 4.74 Å². The molecule has 0 bridgehead atoms. The summed E-state index contributed by atoms with van der Waals surface area (Å²) in [7, 11) is 5.78. The first-order chi connectivity index (χ1) is 8.72.